The molecule has 0 fully saturated rings. The van der Waals surface area contributed by atoms with Gasteiger partial charge in [0.25, 0.3) is 11.5 Å². The average molecular weight is 430 g/mol. The number of aromatic amines is 1. The maximum Gasteiger partial charge on any atom is 0.266 e. The Hall–Kier alpha value is -3.92. The van der Waals surface area contributed by atoms with E-state index >= 15 is 0 Å². The van der Waals surface area contributed by atoms with E-state index in [1.165, 1.54) is 6.07 Å². The number of rotatable bonds is 7. The molecule has 0 aliphatic rings. The number of aryl methyl sites for hydroxylation is 2. The molecule has 7 heteroatoms. The van der Waals surface area contributed by atoms with E-state index in [2.05, 4.69) is 26.8 Å². The van der Waals surface area contributed by atoms with Crippen molar-refractivity contribution >= 4 is 17.7 Å². The largest absolute Gasteiger partial charge is 0.349 e. The van der Waals surface area contributed by atoms with Crippen molar-refractivity contribution < 1.29 is 4.79 Å². The van der Waals surface area contributed by atoms with Crippen LogP contribution in [0.2, 0.25) is 0 Å². The Morgan fingerprint density at radius 3 is 2.72 bits per heavy atom. The van der Waals surface area contributed by atoms with Gasteiger partial charge in [0.05, 0.1) is 0 Å². The smallest absolute Gasteiger partial charge is 0.266 e. The van der Waals surface area contributed by atoms with Gasteiger partial charge in [-0.15, -0.1) is 0 Å². The Balaban J connectivity index is 1.87. The van der Waals surface area contributed by atoms with Gasteiger partial charge < -0.3 is 14.9 Å². The van der Waals surface area contributed by atoms with Crippen molar-refractivity contribution in [3.63, 3.8) is 0 Å². The van der Waals surface area contributed by atoms with Crippen molar-refractivity contribution in [3.05, 3.63) is 75.0 Å². The van der Waals surface area contributed by atoms with Gasteiger partial charge in [-0.2, -0.15) is 5.26 Å². The third-order valence-corrected chi connectivity index (χ3v) is 5.28. The number of carbonyl (C=O) groups excluding carboxylic acids is 1. The molecule has 0 atom stereocenters. The molecule has 32 heavy (non-hydrogen) atoms. The number of hydrogen-bond donors (Lipinski definition) is 2. The zero-order valence-electron chi connectivity index (χ0n) is 18.8. The summed E-state index contributed by atoms with van der Waals surface area (Å²) in [6.45, 7) is 8.94. The summed E-state index contributed by atoms with van der Waals surface area (Å²) in [6.07, 6.45) is 3.27. The van der Waals surface area contributed by atoms with Gasteiger partial charge in [0.15, 0.2) is 0 Å². The fourth-order valence-corrected chi connectivity index (χ4v) is 3.61. The van der Waals surface area contributed by atoms with E-state index in [4.69, 9.17) is 0 Å². The topological polar surface area (TPSA) is 104 Å². The predicted molar refractivity (Wildman–Crippen MR) is 126 cm³/mol. The highest BCUT2D eigenvalue weighted by Gasteiger charge is 2.14. The van der Waals surface area contributed by atoms with Crippen LogP contribution >= 0.6 is 0 Å². The summed E-state index contributed by atoms with van der Waals surface area (Å²) in [4.78, 5) is 31.9. The molecule has 0 aliphatic heterocycles. The lowest BCUT2D eigenvalue weighted by Gasteiger charge is -2.08. The third-order valence-electron chi connectivity index (χ3n) is 5.28. The number of nitriles is 1. The summed E-state index contributed by atoms with van der Waals surface area (Å²) < 4.78 is 2.18. The van der Waals surface area contributed by atoms with Crippen molar-refractivity contribution in [3.8, 4) is 17.5 Å². The molecule has 0 spiro atoms. The molecule has 0 saturated heterocycles. The van der Waals surface area contributed by atoms with Crippen LogP contribution in [-0.2, 0) is 17.8 Å². The van der Waals surface area contributed by atoms with Gasteiger partial charge in [0, 0.05) is 40.9 Å². The van der Waals surface area contributed by atoms with Crippen LogP contribution in [0.15, 0.2) is 46.8 Å². The maximum atomic E-state index is 12.8. The van der Waals surface area contributed by atoms with Gasteiger partial charge in [0.2, 0.25) is 0 Å². The molecular formula is C25H27N5O2. The second-order valence-corrected chi connectivity index (χ2v) is 7.62. The number of aromatic nitrogens is 3. The maximum absolute atomic E-state index is 12.8. The number of H-pyrrole nitrogens is 1. The Morgan fingerprint density at radius 2 is 2.03 bits per heavy atom. The van der Waals surface area contributed by atoms with E-state index in [9.17, 15) is 14.9 Å². The van der Waals surface area contributed by atoms with Crippen molar-refractivity contribution in [2.75, 3.05) is 5.32 Å². The first-order valence-corrected chi connectivity index (χ1v) is 10.7. The van der Waals surface area contributed by atoms with Gasteiger partial charge in [-0.05, 0) is 56.5 Å². The molecule has 3 rings (SSSR count). The van der Waals surface area contributed by atoms with Crippen LogP contribution < -0.4 is 10.9 Å². The van der Waals surface area contributed by atoms with Crippen LogP contribution in [0.4, 0.5) is 5.69 Å². The van der Waals surface area contributed by atoms with E-state index in [-0.39, 0.29) is 11.1 Å². The van der Waals surface area contributed by atoms with Crippen LogP contribution in [-0.4, -0.2) is 20.4 Å². The molecule has 164 valence electrons. The minimum Gasteiger partial charge on any atom is -0.349 e. The van der Waals surface area contributed by atoms with Crippen LogP contribution in [0.5, 0.6) is 0 Å². The summed E-state index contributed by atoms with van der Waals surface area (Å²) in [6, 6.07) is 12.5. The molecule has 0 aliphatic carbocycles. The van der Waals surface area contributed by atoms with Crippen molar-refractivity contribution in [2.45, 2.75) is 47.1 Å². The third kappa shape index (κ3) is 5.03. The highest BCUT2D eigenvalue weighted by Crippen LogP contribution is 2.21. The predicted octanol–water partition coefficient (Wildman–Crippen LogP) is 4.37. The zero-order chi connectivity index (χ0) is 23.3. The molecule has 0 radical (unpaired) electrons. The van der Waals surface area contributed by atoms with E-state index in [0.717, 1.165) is 29.9 Å². The zero-order valence-corrected chi connectivity index (χ0v) is 18.8. The van der Waals surface area contributed by atoms with E-state index in [1.54, 1.807) is 30.3 Å². The normalized spacial score (nSPS) is 11.3. The lowest BCUT2D eigenvalue weighted by atomic mass is 10.1. The second kappa shape index (κ2) is 9.92. The molecule has 2 heterocycles. The minimum absolute atomic E-state index is 0.0201. The summed E-state index contributed by atoms with van der Waals surface area (Å²) in [7, 11) is 0. The summed E-state index contributed by atoms with van der Waals surface area (Å²) in [5, 5.41) is 12.4. The van der Waals surface area contributed by atoms with Crippen LogP contribution in [0.25, 0.3) is 17.5 Å². The minimum atomic E-state index is -0.492. The second-order valence-electron chi connectivity index (χ2n) is 7.62. The number of nitrogens with zero attached hydrogens (tertiary/aromatic N) is 3. The van der Waals surface area contributed by atoms with Gasteiger partial charge in [-0.3, -0.25) is 9.59 Å². The monoisotopic (exact) mass is 429 g/mol. The average Bonchev–Trinajstić information content (AvgIpc) is 3.04. The number of carbonyl (C=O) groups is 1. The van der Waals surface area contributed by atoms with E-state index in [0.29, 0.717) is 29.2 Å². The molecular weight excluding hydrogens is 402 g/mol. The van der Waals surface area contributed by atoms with Crippen molar-refractivity contribution in [1.82, 2.24) is 14.5 Å². The molecule has 0 bridgehead atoms. The van der Waals surface area contributed by atoms with Gasteiger partial charge in [-0.1, -0.05) is 26.0 Å². The van der Waals surface area contributed by atoms with Gasteiger partial charge in [-0.25, -0.2) is 4.98 Å². The molecule has 2 N–H and O–H groups in total. The standard InChI is InChI=1S/C25H27N5O2/c1-5-10-30-16(3)11-19(17(30)4)12-20(15-26)25(32)28-22-9-7-8-18(13-22)24-27-21(6-2)14-23(31)29-24/h7-9,11-14H,5-6,10H2,1-4H3,(H,28,32)(H,27,29,31)/b20-12+. The quantitative estimate of drug-likeness (QED) is 0.430. The SMILES string of the molecule is CCCn1c(C)cc(/C=C(\C#N)C(=O)Nc2cccc(-c3nc(CC)cc(=O)[nH]3)c2)c1C. The van der Waals surface area contributed by atoms with Crippen LogP contribution in [0, 0.1) is 25.2 Å². The summed E-state index contributed by atoms with van der Waals surface area (Å²) in [5.41, 5.74) is 4.64. The highest BCUT2D eigenvalue weighted by atomic mass is 16.1. The Bertz CT molecular complexity index is 1270. The van der Waals surface area contributed by atoms with E-state index < -0.39 is 5.91 Å². The lowest BCUT2D eigenvalue weighted by Crippen LogP contribution is -2.14. The molecule has 2 aromatic heterocycles. The van der Waals surface area contributed by atoms with E-state index in [1.807, 2.05) is 32.9 Å². The lowest BCUT2D eigenvalue weighted by molar-refractivity contribution is -0.112. The molecule has 0 unspecified atom stereocenters. The van der Waals surface area contributed by atoms with Crippen molar-refractivity contribution in [2.24, 2.45) is 0 Å². The number of anilines is 1. The fraction of sp³-hybridized carbons (Fsp3) is 0.280. The molecule has 3 aromatic rings. The molecule has 1 aromatic carbocycles. The molecule has 0 saturated carbocycles. The fourth-order valence-electron chi connectivity index (χ4n) is 3.61. The van der Waals surface area contributed by atoms with Gasteiger partial charge in [0.1, 0.15) is 17.5 Å². The molecule has 1 amide bonds. The van der Waals surface area contributed by atoms with Crippen molar-refractivity contribution in [1.29, 1.82) is 5.26 Å². The number of nitrogens with one attached hydrogen (secondary N) is 2. The molecule has 7 nitrogen and oxygen atoms in total. The van der Waals surface area contributed by atoms with Gasteiger partial charge >= 0.3 is 0 Å². The summed E-state index contributed by atoms with van der Waals surface area (Å²) >= 11 is 0. The first-order chi connectivity index (χ1) is 15.4. The highest BCUT2D eigenvalue weighted by molar-refractivity contribution is 6.09. The Labute approximate surface area is 187 Å². The first kappa shape index (κ1) is 22.8. The van der Waals surface area contributed by atoms with Crippen LogP contribution in [0.3, 0.4) is 0 Å². The summed E-state index contributed by atoms with van der Waals surface area (Å²) in [5.74, 6) is -0.0569. The number of amides is 1. The number of hydrogen-bond acceptors (Lipinski definition) is 4. The Morgan fingerprint density at radius 1 is 1.25 bits per heavy atom. The Kier molecular flexibility index (Phi) is 7.06. The van der Waals surface area contributed by atoms with Crippen LogP contribution in [0.1, 0.15) is 42.9 Å². The first-order valence-electron chi connectivity index (χ1n) is 10.7. The number of benzene rings is 1.